The Bertz CT molecular complexity index is 790. The molecule has 7 heteroatoms. The van der Waals surface area contributed by atoms with Crippen molar-refractivity contribution in [3.05, 3.63) is 36.4 Å². The molecule has 4 rings (SSSR count). The lowest BCUT2D eigenvalue weighted by molar-refractivity contribution is 0.414. The van der Waals surface area contributed by atoms with Crippen molar-refractivity contribution in [1.82, 2.24) is 4.67 Å². The summed E-state index contributed by atoms with van der Waals surface area (Å²) in [6, 6.07) is 11.5. The van der Waals surface area contributed by atoms with Crippen LogP contribution in [0, 0.1) is 0 Å². The van der Waals surface area contributed by atoms with Crippen LogP contribution in [-0.2, 0) is 4.57 Å². The molecule has 0 fully saturated rings. The zero-order valence-electron chi connectivity index (χ0n) is 14.4. The number of hydrogen-bond acceptors (Lipinski definition) is 5. The molecule has 2 aliphatic rings. The lowest BCUT2D eigenvalue weighted by Crippen LogP contribution is -2.32. The highest BCUT2D eigenvalue weighted by molar-refractivity contribution is 7.77. The van der Waals surface area contributed by atoms with Crippen molar-refractivity contribution in [2.45, 2.75) is 0 Å². The smallest absolute Gasteiger partial charge is 0.211 e. The van der Waals surface area contributed by atoms with Crippen molar-refractivity contribution in [3.8, 4) is 11.5 Å². The number of ether oxygens (including phenoxy) is 2. The topological polar surface area (TPSA) is 62.8 Å². The van der Waals surface area contributed by atoms with Crippen LogP contribution in [0.2, 0.25) is 0 Å². The van der Waals surface area contributed by atoms with E-state index in [9.17, 15) is 4.57 Å². The molecule has 0 atom stereocenters. The average Bonchev–Trinajstić information content (AvgIpc) is 2.87. The van der Waals surface area contributed by atoms with Gasteiger partial charge in [0, 0.05) is 37.6 Å². The molecule has 2 aromatic carbocycles. The number of nitrogens with zero attached hydrogens (tertiary/aromatic N) is 1. The minimum Gasteiger partial charge on any atom is -0.497 e. The number of fused-ring (bicyclic) bond motifs is 5. The van der Waals surface area contributed by atoms with E-state index >= 15 is 0 Å². The largest absolute Gasteiger partial charge is 0.497 e. The number of anilines is 2. The van der Waals surface area contributed by atoms with Gasteiger partial charge in [-0.25, -0.2) is 4.67 Å². The molecule has 0 amide bonds. The van der Waals surface area contributed by atoms with E-state index in [0.29, 0.717) is 24.6 Å². The molecule has 0 spiro atoms. The summed E-state index contributed by atoms with van der Waals surface area (Å²) < 4.78 is 27.5. The third-order valence-electron chi connectivity index (χ3n) is 4.83. The zero-order valence-corrected chi connectivity index (χ0v) is 15.3. The standard InChI is InChI=1S/C18H22N3O3P/c1-23-13-3-5-15-17(11-13)25(22)18-12-14(24-2)4-6-16(18)20-8-10-21(25)9-7-19-15/h3-6,11-12,19-20H,7-10H2,1-2H3. The summed E-state index contributed by atoms with van der Waals surface area (Å²) >= 11 is 0. The summed E-state index contributed by atoms with van der Waals surface area (Å²) in [5.41, 5.74) is 1.81. The summed E-state index contributed by atoms with van der Waals surface area (Å²) in [6.07, 6.45) is 0. The molecule has 2 aromatic rings. The molecule has 0 radical (unpaired) electrons. The monoisotopic (exact) mass is 359 g/mol. The molecule has 0 bridgehead atoms. The summed E-state index contributed by atoms with van der Waals surface area (Å²) in [7, 11) is 0.244. The Morgan fingerprint density at radius 1 is 0.880 bits per heavy atom. The molecular weight excluding hydrogens is 337 g/mol. The molecular formula is C18H22N3O3P. The Hall–Kier alpha value is -2.17. The molecule has 2 aliphatic heterocycles. The molecule has 0 saturated carbocycles. The summed E-state index contributed by atoms with van der Waals surface area (Å²) in [4.78, 5) is 0. The van der Waals surface area contributed by atoms with E-state index in [0.717, 1.165) is 35.1 Å². The third-order valence-corrected chi connectivity index (χ3v) is 8.07. The van der Waals surface area contributed by atoms with Gasteiger partial charge in [0.15, 0.2) is 0 Å². The fourth-order valence-corrected chi connectivity index (χ4v) is 6.74. The molecule has 0 unspecified atom stereocenters. The summed E-state index contributed by atoms with van der Waals surface area (Å²) in [5.74, 6) is 1.42. The Kier molecular flexibility index (Phi) is 4.10. The molecule has 0 saturated heterocycles. The van der Waals surface area contributed by atoms with Gasteiger partial charge in [-0.1, -0.05) is 0 Å². The lowest BCUT2D eigenvalue weighted by atomic mass is 10.3. The second kappa shape index (κ2) is 6.28. The first-order valence-corrected chi connectivity index (χ1v) is 10.0. The van der Waals surface area contributed by atoms with Crippen LogP contribution >= 0.6 is 7.29 Å². The second-order valence-electron chi connectivity index (χ2n) is 6.15. The van der Waals surface area contributed by atoms with Gasteiger partial charge in [0.05, 0.1) is 24.8 Å². The molecule has 0 aliphatic carbocycles. The highest BCUT2D eigenvalue weighted by Gasteiger charge is 2.41. The number of rotatable bonds is 2. The third kappa shape index (κ3) is 2.57. The quantitative estimate of drug-likeness (QED) is 0.801. The normalized spacial score (nSPS) is 18.3. The van der Waals surface area contributed by atoms with E-state index in [2.05, 4.69) is 15.3 Å². The van der Waals surface area contributed by atoms with Crippen molar-refractivity contribution >= 4 is 29.3 Å². The Morgan fingerprint density at radius 3 is 1.80 bits per heavy atom. The van der Waals surface area contributed by atoms with Gasteiger partial charge in [-0.3, -0.25) is 4.57 Å². The van der Waals surface area contributed by atoms with Crippen LogP contribution in [0.3, 0.4) is 0 Å². The van der Waals surface area contributed by atoms with Crippen LogP contribution < -0.4 is 30.7 Å². The van der Waals surface area contributed by atoms with Crippen molar-refractivity contribution in [2.75, 3.05) is 51.0 Å². The van der Waals surface area contributed by atoms with Crippen LogP contribution in [0.1, 0.15) is 0 Å². The van der Waals surface area contributed by atoms with Gasteiger partial charge in [-0.2, -0.15) is 0 Å². The van der Waals surface area contributed by atoms with Crippen LogP contribution in [0.25, 0.3) is 0 Å². The number of nitrogens with one attached hydrogen (secondary N) is 2. The summed E-state index contributed by atoms with van der Waals surface area (Å²) in [5, 5.41) is 8.42. The van der Waals surface area contributed by atoms with Gasteiger partial charge in [0.25, 0.3) is 0 Å². The maximum atomic E-state index is 14.6. The summed E-state index contributed by atoms with van der Waals surface area (Å²) in [6.45, 7) is 2.93. The molecule has 2 heterocycles. The average molecular weight is 359 g/mol. The van der Waals surface area contributed by atoms with Gasteiger partial charge in [0.2, 0.25) is 7.29 Å². The van der Waals surface area contributed by atoms with E-state index in [1.54, 1.807) is 14.2 Å². The van der Waals surface area contributed by atoms with E-state index in [1.807, 2.05) is 36.4 Å². The SMILES string of the molecule is COc1ccc2c(c1)P1(=O)c3cc(OC)ccc3NCCN1CCN2. The van der Waals surface area contributed by atoms with Gasteiger partial charge in [-0.05, 0) is 36.4 Å². The number of benzene rings is 2. The van der Waals surface area contributed by atoms with Crippen LogP contribution in [0.5, 0.6) is 11.5 Å². The van der Waals surface area contributed by atoms with E-state index in [1.165, 1.54) is 0 Å². The fraction of sp³-hybridized carbons (Fsp3) is 0.333. The van der Waals surface area contributed by atoms with E-state index in [-0.39, 0.29) is 0 Å². The maximum absolute atomic E-state index is 14.6. The lowest BCUT2D eigenvalue weighted by Gasteiger charge is -2.29. The number of hydrogen-bond donors (Lipinski definition) is 2. The van der Waals surface area contributed by atoms with Gasteiger partial charge in [0.1, 0.15) is 11.5 Å². The van der Waals surface area contributed by atoms with Gasteiger partial charge < -0.3 is 20.1 Å². The highest BCUT2D eigenvalue weighted by Crippen LogP contribution is 2.53. The molecule has 25 heavy (non-hydrogen) atoms. The van der Waals surface area contributed by atoms with Crippen molar-refractivity contribution in [3.63, 3.8) is 0 Å². The van der Waals surface area contributed by atoms with E-state index in [4.69, 9.17) is 9.47 Å². The van der Waals surface area contributed by atoms with Crippen molar-refractivity contribution < 1.29 is 14.0 Å². The maximum Gasteiger partial charge on any atom is 0.211 e. The first-order chi connectivity index (χ1) is 12.2. The predicted octanol–water partition coefficient (Wildman–Crippen LogP) is 2.09. The zero-order chi connectivity index (χ0) is 17.4. The van der Waals surface area contributed by atoms with Gasteiger partial charge >= 0.3 is 0 Å². The Labute approximate surface area is 147 Å². The minimum absolute atomic E-state index is 0.708. The van der Waals surface area contributed by atoms with Crippen LogP contribution in [0.15, 0.2) is 36.4 Å². The second-order valence-corrected chi connectivity index (χ2v) is 8.83. The minimum atomic E-state index is -3.02. The first kappa shape index (κ1) is 16.3. The first-order valence-electron chi connectivity index (χ1n) is 8.37. The molecule has 2 N–H and O–H groups in total. The van der Waals surface area contributed by atoms with E-state index < -0.39 is 7.29 Å². The predicted molar refractivity (Wildman–Crippen MR) is 101 cm³/mol. The Balaban J connectivity index is 2.01. The number of methoxy groups -OCH3 is 2. The van der Waals surface area contributed by atoms with Crippen molar-refractivity contribution in [2.24, 2.45) is 0 Å². The van der Waals surface area contributed by atoms with Crippen LogP contribution in [-0.4, -0.2) is 45.1 Å². The molecule has 6 nitrogen and oxygen atoms in total. The highest BCUT2D eigenvalue weighted by atomic mass is 31.2. The molecule has 0 aromatic heterocycles. The fourth-order valence-electron chi connectivity index (χ4n) is 3.54. The van der Waals surface area contributed by atoms with Crippen molar-refractivity contribution in [1.29, 1.82) is 0 Å². The molecule has 132 valence electrons. The van der Waals surface area contributed by atoms with Crippen LogP contribution in [0.4, 0.5) is 11.4 Å². The van der Waals surface area contributed by atoms with Gasteiger partial charge in [-0.15, -0.1) is 0 Å². The Morgan fingerprint density at radius 2 is 1.36 bits per heavy atom.